The van der Waals surface area contributed by atoms with E-state index in [1.54, 1.807) is 0 Å². The number of hydrogen-bond acceptors (Lipinski definition) is 4. The SMILES string of the molecule is CCC(C)(C)[C@@H]1CCc2c(sc(NC(=O)[C@@H]3CCCC[C@H]3C(=O)O)c2C(N)=O)C1. The van der Waals surface area contributed by atoms with Gasteiger partial charge in [0.25, 0.3) is 5.91 Å². The fraction of sp³-hybridized carbons (Fsp3) is 0.682. The highest BCUT2D eigenvalue weighted by atomic mass is 32.1. The summed E-state index contributed by atoms with van der Waals surface area (Å²) in [4.78, 5) is 37.8. The molecule has 0 radical (unpaired) electrons. The van der Waals surface area contributed by atoms with Crippen molar-refractivity contribution in [1.29, 1.82) is 0 Å². The summed E-state index contributed by atoms with van der Waals surface area (Å²) in [5, 5.41) is 12.9. The molecule has 160 valence electrons. The van der Waals surface area contributed by atoms with Crippen LogP contribution in [0.15, 0.2) is 0 Å². The summed E-state index contributed by atoms with van der Waals surface area (Å²) in [6.45, 7) is 6.76. The van der Waals surface area contributed by atoms with Gasteiger partial charge in [0.2, 0.25) is 5.91 Å². The van der Waals surface area contributed by atoms with Crippen LogP contribution < -0.4 is 11.1 Å². The summed E-state index contributed by atoms with van der Waals surface area (Å²) in [5.74, 6) is -2.45. The maximum absolute atomic E-state index is 12.9. The second-order valence-electron chi connectivity index (χ2n) is 9.18. The van der Waals surface area contributed by atoms with Crippen molar-refractivity contribution in [3.05, 3.63) is 16.0 Å². The number of fused-ring (bicyclic) bond motifs is 1. The van der Waals surface area contributed by atoms with Crippen LogP contribution in [0.4, 0.5) is 5.00 Å². The second kappa shape index (κ2) is 8.46. The maximum atomic E-state index is 12.9. The smallest absolute Gasteiger partial charge is 0.307 e. The molecule has 0 unspecified atom stereocenters. The third-order valence-electron chi connectivity index (χ3n) is 7.18. The average Bonchev–Trinajstić information content (AvgIpc) is 3.04. The Bertz CT molecular complexity index is 814. The standard InChI is InChI=1S/C22H32N2O4S/c1-4-22(2,3)12-9-10-15-16(11-12)29-20(17(15)18(23)25)24-19(26)13-7-5-6-8-14(13)21(27)28/h12-14H,4-11H2,1-3H3,(H2,23,25)(H,24,26)(H,27,28)/t12-,13-,14-/m1/s1. The molecule has 2 aliphatic carbocycles. The number of carbonyl (C=O) groups is 3. The summed E-state index contributed by atoms with van der Waals surface area (Å²) in [7, 11) is 0. The van der Waals surface area contributed by atoms with Gasteiger partial charge in [-0.2, -0.15) is 0 Å². The Kier molecular flexibility index (Phi) is 6.36. The molecule has 2 aliphatic rings. The summed E-state index contributed by atoms with van der Waals surface area (Å²) in [6.07, 6.45) is 6.52. The topological polar surface area (TPSA) is 109 Å². The van der Waals surface area contributed by atoms with Crippen LogP contribution >= 0.6 is 11.3 Å². The average molecular weight is 421 g/mol. The van der Waals surface area contributed by atoms with Gasteiger partial charge >= 0.3 is 5.97 Å². The minimum atomic E-state index is -0.921. The molecule has 0 aliphatic heterocycles. The molecule has 1 saturated carbocycles. The first-order chi connectivity index (χ1) is 13.7. The van der Waals surface area contributed by atoms with E-state index >= 15 is 0 Å². The third-order valence-corrected chi connectivity index (χ3v) is 8.35. The fourth-order valence-electron chi connectivity index (χ4n) is 4.84. The molecule has 1 aromatic heterocycles. The van der Waals surface area contributed by atoms with Crippen molar-refractivity contribution in [2.24, 2.45) is 28.9 Å². The summed E-state index contributed by atoms with van der Waals surface area (Å²) < 4.78 is 0. The van der Waals surface area contributed by atoms with Crippen LogP contribution in [0.3, 0.4) is 0 Å². The van der Waals surface area contributed by atoms with Gasteiger partial charge in [0.1, 0.15) is 5.00 Å². The van der Waals surface area contributed by atoms with Crippen molar-refractivity contribution >= 4 is 34.1 Å². The Morgan fingerprint density at radius 2 is 1.83 bits per heavy atom. The molecule has 3 rings (SSSR count). The van der Waals surface area contributed by atoms with Gasteiger partial charge in [-0.1, -0.05) is 40.0 Å². The number of carbonyl (C=O) groups excluding carboxylic acids is 2. The van der Waals surface area contributed by atoms with E-state index in [9.17, 15) is 19.5 Å². The highest BCUT2D eigenvalue weighted by molar-refractivity contribution is 7.17. The molecule has 4 N–H and O–H groups in total. The molecule has 0 aromatic carbocycles. The summed E-state index contributed by atoms with van der Waals surface area (Å²) in [6, 6.07) is 0. The Morgan fingerprint density at radius 1 is 1.17 bits per heavy atom. The number of carboxylic acid groups (broad SMARTS) is 1. The van der Waals surface area contributed by atoms with Crippen molar-refractivity contribution in [3.8, 4) is 0 Å². The molecule has 0 spiro atoms. The molecular weight excluding hydrogens is 388 g/mol. The normalized spacial score (nSPS) is 24.6. The molecule has 2 amide bonds. The lowest BCUT2D eigenvalue weighted by molar-refractivity contribution is -0.147. The third kappa shape index (κ3) is 4.34. The molecule has 6 nitrogen and oxygen atoms in total. The van der Waals surface area contributed by atoms with E-state index in [2.05, 4.69) is 26.1 Å². The molecule has 3 atom stereocenters. The minimum Gasteiger partial charge on any atom is -0.481 e. The van der Waals surface area contributed by atoms with Crippen molar-refractivity contribution < 1.29 is 19.5 Å². The summed E-state index contributed by atoms with van der Waals surface area (Å²) in [5.41, 5.74) is 7.30. The van der Waals surface area contributed by atoms with Gasteiger partial charge < -0.3 is 16.2 Å². The maximum Gasteiger partial charge on any atom is 0.307 e. The number of amides is 2. The lowest BCUT2D eigenvalue weighted by atomic mass is 9.69. The van der Waals surface area contributed by atoms with Crippen LogP contribution in [-0.2, 0) is 22.4 Å². The molecule has 0 bridgehead atoms. The quantitative estimate of drug-likeness (QED) is 0.640. The van der Waals surface area contributed by atoms with Gasteiger partial charge in [-0.25, -0.2) is 0 Å². The second-order valence-corrected chi connectivity index (χ2v) is 10.3. The number of hydrogen-bond donors (Lipinski definition) is 3. The zero-order chi connectivity index (χ0) is 21.3. The van der Waals surface area contributed by atoms with Gasteiger partial charge in [0.05, 0.1) is 17.4 Å². The monoisotopic (exact) mass is 420 g/mol. The van der Waals surface area contributed by atoms with Crippen LogP contribution in [0.5, 0.6) is 0 Å². The number of rotatable bonds is 6. The predicted molar refractivity (Wildman–Crippen MR) is 114 cm³/mol. The molecule has 7 heteroatoms. The first kappa shape index (κ1) is 21.8. The van der Waals surface area contributed by atoms with Crippen molar-refractivity contribution in [1.82, 2.24) is 0 Å². The molecule has 1 fully saturated rings. The Balaban J connectivity index is 1.86. The van der Waals surface area contributed by atoms with Gasteiger partial charge in [0.15, 0.2) is 0 Å². The van der Waals surface area contributed by atoms with Crippen LogP contribution in [0, 0.1) is 23.2 Å². The molecule has 1 heterocycles. The lowest BCUT2D eigenvalue weighted by Crippen LogP contribution is -2.36. The highest BCUT2D eigenvalue weighted by Gasteiger charge is 2.38. The largest absolute Gasteiger partial charge is 0.481 e. The number of anilines is 1. The van der Waals surface area contributed by atoms with Crippen LogP contribution in [0.2, 0.25) is 0 Å². The van der Waals surface area contributed by atoms with Gasteiger partial charge in [0, 0.05) is 4.88 Å². The fourth-order valence-corrected chi connectivity index (χ4v) is 6.17. The lowest BCUT2D eigenvalue weighted by Gasteiger charge is -2.36. The highest BCUT2D eigenvalue weighted by Crippen LogP contribution is 2.45. The predicted octanol–water partition coefficient (Wildman–Crippen LogP) is 4.22. The van der Waals surface area contributed by atoms with E-state index < -0.39 is 23.7 Å². The Hall–Kier alpha value is -1.89. The van der Waals surface area contributed by atoms with Crippen LogP contribution in [-0.4, -0.2) is 22.9 Å². The van der Waals surface area contributed by atoms with Gasteiger partial charge in [-0.05, 0) is 49.0 Å². The zero-order valence-corrected chi connectivity index (χ0v) is 18.4. The number of thiophene rings is 1. The van der Waals surface area contributed by atoms with E-state index in [1.807, 2.05) is 0 Å². The van der Waals surface area contributed by atoms with Gasteiger partial charge in [-0.15, -0.1) is 11.3 Å². The molecule has 0 saturated heterocycles. The molecule has 1 aromatic rings. The number of nitrogens with two attached hydrogens (primary N) is 1. The van der Waals surface area contributed by atoms with Gasteiger partial charge in [-0.3, -0.25) is 14.4 Å². The van der Waals surface area contributed by atoms with Crippen LogP contribution in [0.25, 0.3) is 0 Å². The number of nitrogens with one attached hydrogen (secondary N) is 1. The van der Waals surface area contributed by atoms with Crippen molar-refractivity contribution in [2.75, 3.05) is 5.32 Å². The Labute approximate surface area is 176 Å². The first-order valence-corrected chi connectivity index (χ1v) is 11.4. The van der Waals surface area contributed by atoms with E-state index in [-0.39, 0.29) is 11.3 Å². The van der Waals surface area contributed by atoms with Crippen molar-refractivity contribution in [2.45, 2.75) is 72.1 Å². The Morgan fingerprint density at radius 3 is 2.41 bits per heavy atom. The van der Waals surface area contributed by atoms with E-state index in [1.165, 1.54) is 11.3 Å². The minimum absolute atomic E-state index is 0.217. The van der Waals surface area contributed by atoms with E-state index in [0.29, 0.717) is 29.3 Å². The number of carboxylic acids is 1. The number of primary amides is 1. The van der Waals surface area contributed by atoms with E-state index in [4.69, 9.17) is 5.73 Å². The number of aliphatic carboxylic acids is 1. The zero-order valence-electron chi connectivity index (χ0n) is 17.5. The summed E-state index contributed by atoms with van der Waals surface area (Å²) >= 11 is 1.44. The molecule has 29 heavy (non-hydrogen) atoms. The van der Waals surface area contributed by atoms with Crippen LogP contribution in [0.1, 0.15) is 80.1 Å². The first-order valence-electron chi connectivity index (χ1n) is 10.6. The van der Waals surface area contributed by atoms with Crippen molar-refractivity contribution in [3.63, 3.8) is 0 Å². The molecular formula is C22H32N2O4S. The van der Waals surface area contributed by atoms with E-state index in [0.717, 1.165) is 49.0 Å².